The van der Waals surface area contributed by atoms with Gasteiger partial charge in [0.1, 0.15) is 6.04 Å². The van der Waals surface area contributed by atoms with Gasteiger partial charge in [0.05, 0.1) is 10.7 Å². The van der Waals surface area contributed by atoms with Crippen LogP contribution in [0, 0.1) is 3.57 Å². The van der Waals surface area contributed by atoms with Crippen molar-refractivity contribution in [2.75, 3.05) is 5.32 Å². The van der Waals surface area contributed by atoms with Crippen molar-refractivity contribution in [1.82, 2.24) is 5.32 Å². The molecule has 5 heteroatoms. The van der Waals surface area contributed by atoms with Crippen LogP contribution in [0.2, 0.25) is 5.02 Å². The normalized spacial score (nSPS) is 12.9. The van der Waals surface area contributed by atoms with E-state index in [0.717, 1.165) is 15.7 Å². The van der Waals surface area contributed by atoms with Crippen LogP contribution in [0.25, 0.3) is 0 Å². The fourth-order valence-corrected chi connectivity index (χ4v) is 2.35. The molecule has 1 rings (SSSR count). The molecule has 1 aromatic carbocycles. The molecule has 19 heavy (non-hydrogen) atoms. The van der Waals surface area contributed by atoms with Crippen molar-refractivity contribution in [2.24, 2.45) is 0 Å². The molecule has 0 aliphatic carbocycles. The topological polar surface area (TPSA) is 41.1 Å². The quantitative estimate of drug-likeness (QED) is 0.740. The fourth-order valence-electron chi connectivity index (χ4n) is 1.44. The minimum absolute atomic E-state index is 0.0264. The van der Waals surface area contributed by atoms with Gasteiger partial charge in [-0.3, -0.25) is 4.79 Å². The maximum Gasteiger partial charge on any atom is 0.242 e. The molecule has 0 aliphatic heterocycles. The van der Waals surface area contributed by atoms with E-state index in [1.165, 1.54) is 0 Å². The lowest BCUT2D eigenvalue weighted by molar-refractivity contribution is -0.123. The Morgan fingerprint density at radius 2 is 2.11 bits per heavy atom. The van der Waals surface area contributed by atoms with Gasteiger partial charge in [-0.1, -0.05) is 18.5 Å². The summed E-state index contributed by atoms with van der Waals surface area (Å²) < 4.78 is 1.07. The minimum Gasteiger partial charge on any atom is -0.373 e. The molecule has 0 radical (unpaired) electrons. The van der Waals surface area contributed by atoms with E-state index in [-0.39, 0.29) is 17.5 Å². The van der Waals surface area contributed by atoms with Gasteiger partial charge in [-0.05, 0) is 68.0 Å². The molecule has 2 N–H and O–H groups in total. The number of benzene rings is 1. The molecular weight excluding hydrogens is 375 g/mol. The van der Waals surface area contributed by atoms with Crippen molar-refractivity contribution in [1.29, 1.82) is 0 Å². The van der Waals surface area contributed by atoms with Crippen LogP contribution in [0.4, 0.5) is 5.69 Å². The number of hydrogen-bond donors (Lipinski definition) is 2. The van der Waals surface area contributed by atoms with Gasteiger partial charge in [0.2, 0.25) is 5.91 Å². The first-order valence-corrected chi connectivity index (χ1v) is 7.74. The summed E-state index contributed by atoms with van der Waals surface area (Å²) in [7, 11) is 0. The van der Waals surface area contributed by atoms with Crippen molar-refractivity contribution in [3.05, 3.63) is 26.8 Å². The second-order valence-corrected chi connectivity index (χ2v) is 6.87. The zero-order chi connectivity index (χ0) is 14.6. The SMILES string of the molecule is CCC(C)(C)NC(=O)C(C)Nc1ccc(I)cc1Cl. The van der Waals surface area contributed by atoms with Gasteiger partial charge in [0.15, 0.2) is 0 Å². The molecule has 1 amide bonds. The monoisotopic (exact) mass is 394 g/mol. The zero-order valence-corrected chi connectivity index (χ0v) is 14.6. The molecule has 1 aromatic rings. The molecule has 0 aromatic heterocycles. The van der Waals surface area contributed by atoms with Gasteiger partial charge in [-0.15, -0.1) is 0 Å². The van der Waals surface area contributed by atoms with Crippen molar-refractivity contribution >= 4 is 45.8 Å². The second-order valence-electron chi connectivity index (χ2n) is 5.22. The lowest BCUT2D eigenvalue weighted by atomic mass is 10.0. The molecule has 0 bridgehead atoms. The summed E-state index contributed by atoms with van der Waals surface area (Å²) in [5, 5.41) is 6.77. The van der Waals surface area contributed by atoms with Crippen LogP contribution in [0.15, 0.2) is 18.2 Å². The number of amides is 1. The van der Waals surface area contributed by atoms with Gasteiger partial charge in [-0.25, -0.2) is 0 Å². The van der Waals surface area contributed by atoms with Crippen LogP contribution in [0.1, 0.15) is 34.1 Å². The molecule has 0 saturated heterocycles. The molecule has 1 atom stereocenters. The number of hydrogen-bond acceptors (Lipinski definition) is 2. The zero-order valence-electron chi connectivity index (χ0n) is 11.7. The predicted octanol–water partition coefficient (Wildman–Crippen LogP) is 4.05. The molecule has 0 saturated carbocycles. The Bertz CT molecular complexity index is 463. The molecule has 0 spiro atoms. The first kappa shape index (κ1) is 16.6. The highest BCUT2D eigenvalue weighted by Crippen LogP contribution is 2.24. The van der Waals surface area contributed by atoms with Crippen molar-refractivity contribution in [3.8, 4) is 0 Å². The van der Waals surface area contributed by atoms with Crippen molar-refractivity contribution in [3.63, 3.8) is 0 Å². The Labute approximate surface area is 133 Å². The van der Waals surface area contributed by atoms with E-state index in [9.17, 15) is 4.79 Å². The van der Waals surface area contributed by atoms with E-state index in [1.807, 2.05) is 45.9 Å². The maximum absolute atomic E-state index is 12.1. The van der Waals surface area contributed by atoms with E-state index in [0.29, 0.717) is 5.02 Å². The molecule has 1 unspecified atom stereocenters. The van der Waals surface area contributed by atoms with Gasteiger partial charge in [-0.2, -0.15) is 0 Å². The highest BCUT2D eigenvalue weighted by Gasteiger charge is 2.22. The van der Waals surface area contributed by atoms with E-state index in [4.69, 9.17) is 11.6 Å². The van der Waals surface area contributed by atoms with Gasteiger partial charge >= 0.3 is 0 Å². The highest BCUT2D eigenvalue weighted by molar-refractivity contribution is 14.1. The van der Waals surface area contributed by atoms with Crippen LogP contribution in [-0.2, 0) is 4.79 Å². The third-order valence-electron chi connectivity index (χ3n) is 3.04. The average Bonchev–Trinajstić information content (AvgIpc) is 2.32. The number of carbonyl (C=O) groups excluding carboxylic acids is 1. The predicted molar refractivity (Wildman–Crippen MR) is 89.8 cm³/mol. The largest absolute Gasteiger partial charge is 0.373 e. The molecule has 0 heterocycles. The molecule has 0 aliphatic rings. The number of rotatable bonds is 5. The summed E-state index contributed by atoms with van der Waals surface area (Å²) in [6, 6.07) is 5.38. The van der Waals surface area contributed by atoms with E-state index in [2.05, 4.69) is 33.2 Å². The average molecular weight is 395 g/mol. The number of halogens is 2. The van der Waals surface area contributed by atoms with Gasteiger partial charge < -0.3 is 10.6 Å². The Hall–Kier alpha value is -0.490. The smallest absolute Gasteiger partial charge is 0.242 e. The summed E-state index contributed by atoms with van der Waals surface area (Å²) in [6.45, 7) is 7.90. The van der Waals surface area contributed by atoms with E-state index >= 15 is 0 Å². The summed E-state index contributed by atoms with van der Waals surface area (Å²) in [5.74, 6) is -0.0264. The summed E-state index contributed by atoms with van der Waals surface area (Å²) in [5.41, 5.74) is 0.585. The van der Waals surface area contributed by atoms with Gasteiger partial charge in [0.25, 0.3) is 0 Å². The molecule has 106 valence electrons. The number of carbonyl (C=O) groups is 1. The highest BCUT2D eigenvalue weighted by atomic mass is 127. The Balaban J connectivity index is 2.69. The lowest BCUT2D eigenvalue weighted by Crippen LogP contribution is -2.48. The molecule has 0 fully saturated rings. The van der Waals surface area contributed by atoms with Crippen LogP contribution >= 0.6 is 34.2 Å². The Morgan fingerprint density at radius 1 is 1.47 bits per heavy atom. The van der Waals surface area contributed by atoms with Crippen LogP contribution in [0.3, 0.4) is 0 Å². The minimum atomic E-state index is -0.330. The van der Waals surface area contributed by atoms with E-state index in [1.54, 1.807) is 0 Å². The van der Waals surface area contributed by atoms with E-state index < -0.39 is 0 Å². The lowest BCUT2D eigenvalue weighted by Gasteiger charge is -2.27. The number of nitrogens with one attached hydrogen (secondary N) is 2. The van der Waals surface area contributed by atoms with Crippen LogP contribution < -0.4 is 10.6 Å². The summed E-state index contributed by atoms with van der Waals surface area (Å²) in [4.78, 5) is 12.1. The maximum atomic E-state index is 12.1. The van der Waals surface area contributed by atoms with Crippen LogP contribution in [0.5, 0.6) is 0 Å². The third kappa shape index (κ3) is 5.18. The molecular formula is C14H20ClIN2O. The molecule has 3 nitrogen and oxygen atoms in total. The standard InChI is InChI=1S/C14H20ClIN2O/c1-5-14(3,4)18-13(19)9(2)17-12-7-6-10(16)8-11(12)15/h6-9,17H,5H2,1-4H3,(H,18,19). The van der Waals surface area contributed by atoms with Crippen LogP contribution in [-0.4, -0.2) is 17.5 Å². The summed E-state index contributed by atoms with van der Waals surface area (Å²) in [6.07, 6.45) is 0.885. The first-order valence-electron chi connectivity index (χ1n) is 6.29. The summed E-state index contributed by atoms with van der Waals surface area (Å²) >= 11 is 8.34. The number of anilines is 1. The van der Waals surface area contributed by atoms with Crippen molar-refractivity contribution in [2.45, 2.75) is 45.7 Å². The Kier molecular flexibility index (Phi) is 5.92. The van der Waals surface area contributed by atoms with Gasteiger partial charge in [0, 0.05) is 9.11 Å². The Morgan fingerprint density at radius 3 is 2.63 bits per heavy atom. The second kappa shape index (κ2) is 6.79. The van der Waals surface area contributed by atoms with Crippen molar-refractivity contribution < 1.29 is 4.79 Å². The third-order valence-corrected chi connectivity index (χ3v) is 4.03. The fraction of sp³-hybridized carbons (Fsp3) is 0.500. The first-order chi connectivity index (χ1) is 8.75.